The minimum atomic E-state index is 0.0798. The van der Waals surface area contributed by atoms with Crippen LogP contribution >= 0.6 is 22.7 Å². The maximum Gasteiger partial charge on any atom is 0.197 e. The number of benzene rings is 8. The largest absolute Gasteiger partial charge is 0.456 e. The highest BCUT2D eigenvalue weighted by molar-refractivity contribution is 7.26. The third-order valence-electron chi connectivity index (χ3n) is 12.7. The molecule has 0 saturated heterocycles. The summed E-state index contributed by atoms with van der Waals surface area (Å²) in [5.41, 5.74) is 15.2. The molecule has 0 saturated carbocycles. The molecule has 1 aliphatic rings. The minimum Gasteiger partial charge on any atom is -0.456 e. The van der Waals surface area contributed by atoms with E-state index in [2.05, 4.69) is 184 Å². The van der Waals surface area contributed by atoms with Crippen molar-refractivity contribution >= 4 is 136 Å². The Balaban J connectivity index is 1.13. The van der Waals surface area contributed by atoms with Crippen LogP contribution in [0.4, 0.5) is 11.4 Å². The van der Waals surface area contributed by atoms with Gasteiger partial charge in [-0.2, -0.15) is 0 Å². The van der Waals surface area contributed by atoms with Crippen LogP contribution in [0.1, 0.15) is 31.9 Å². The highest BCUT2D eigenvalue weighted by atomic mass is 32.1. The molecule has 1 radical (unpaired) electrons. The summed E-state index contributed by atoms with van der Waals surface area (Å²) < 4.78 is 14.3. The van der Waals surface area contributed by atoms with Crippen molar-refractivity contribution in [1.82, 2.24) is 4.57 Å². The standard InChI is InChI=1S/C53H36BN2OS2/c1-28-21-38(34-22-36-32-12-6-9-15-46(32)58-48(36)26-41(34)55-30-19-17-29(18-20-30)53(2,3)4)51-52-50(28)39-25-45-35(31-11-5-8-14-44(31)57-45)24-42(39)56(52)43-27-49-37(23-40(43)54-51)33-13-7-10-16-47(33)59-49/h5-27,55H,1-4H3. The molecule has 0 amide bonds. The van der Waals surface area contributed by atoms with Crippen LogP contribution < -0.4 is 16.2 Å². The van der Waals surface area contributed by atoms with E-state index >= 15 is 0 Å². The van der Waals surface area contributed by atoms with Crippen LogP contribution in [0.15, 0.2) is 144 Å². The first-order chi connectivity index (χ1) is 28.7. The molecule has 8 aromatic carbocycles. The molecular weight excluding hydrogens is 756 g/mol. The van der Waals surface area contributed by atoms with E-state index in [9.17, 15) is 0 Å². The Morgan fingerprint density at radius 1 is 0.576 bits per heavy atom. The molecule has 1 N–H and O–H groups in total. The number of aryl methyl sites for hydroxylation is 1. The van der Waals surface area contributed by atoms with Crippen molar-refractivity contribution in [2.24, 2.45) is 0 Å². The second-order valence-electron chi connectivity index (χ2n) is 17.3. The van der Waals surface area contributed by atoms with E-state index in [1.165, 1.54) is 101 Å². The van der Waals surface area contributed by atoms with Gasteiger partial charge in [-0.1, -0.05) is 105 Å². The number of para-hydroxylation sites is 1. The second kappa shape index (κ2) is 11.9. The number of nitrogens with one attached hydrogen (secondary N) is 1. The zero-order chi connectivity index (χ0) is 39.3. The molecule has 279 valence electrons. The molecule has 0 bridgehead atoms. The lowest BCUT2D eigenvalue weighted by atomic mass is 9.58. The Morgan fingerprint density at radius 3 is 2.00 bits per heavy atom. The van der Waals surface area contributed by atoms with E-state index < -0.39 is 0 Å². The molecule has 1 aliphatic heterocycles. The van der Waals surface area contributed by atoms with Crippen LogP contribution in [0.5, 0.6) is 0 Å². The highest BCUT2D eigenvalue weighted by Crippen LogP contribution is 2.46. The molecule has 0 aliphatic carbocycles. The van der Waals surface area contributed by atoms with E-state index in [0.717, 1.165) is 33.3 Å². The summed E-state index contributed by atoms with van der Waals surface area (Å²) >= 11 is 3.74. The van der Waals surface area contributed by atoms with E-state index in [1.54, 1.807) is 0 Å². The Labute approximate surface area is 349 Å². The summed E-state index contributed by atoms with van der Waals surface area (Å²) in [6, 6.07) is 51.8. The van der Waals surface area contributed by atoms with Gasteiger partial charge in [0.1, 0.15) is 11.2 Å². The molecule has 4 aromatic heterocycles. The van der Waals surface area contributed by atoms with Crippen LogP contribution in [0, 0.1) is 6.92 Å². The third-order valence-corrected chi connectivity index (χ3v) is 14.9. The number of furan rings is 1. The molecule has 3 nitrogen and oxygen atoms in total. The lowest BCUT2D eigenvalue weighted by Crippen LogP contribution is -2.37. The topological polar surface area (TPSA) is 30.1 Å². The van der Waals surface area contributed by atoms with Crippen LogP contribution in [0.2, 0.25) is 0 Å². The summed E-state index contributed by atoms with van der Waals surface area (Å²) in [6.45, 7) is 9.10. The third kappa shape index (κ3) is 4.82. The van der Waals surface area contributed by atoms with E-state index in [1.807, 2.05) is 22.7 Å². The van der Waals surface area contributed by atoms with E-state index in [0.29, 0.717) is 0 Å². The van der Waals surface area contributed by atoms with Crippen LogP contribution in [-0.4, -0.2) is 11.8 Å². The Bertz CT molecular complexity index is 3780. The fourth-order valence-corrected chi connectivity index (χ4v) is 12.1. The van der Waals surface area contributed by atoms with Gasteiger partial charge in [-0.3, -0.25) is 0 Å². The van der Waals surface area contributed by atoms with Gasteiger partial charge < -0.3 is 14.3 Å². The van der Waals surface area contributed by atoms with Crippen molar-refractivity contribution in [3.63, 3.8) is 0 Å². The van der Waals surface area contributed by atoms with Crippen molar-refractivity contribution in [1.29, 1.82) is 0 Å². The molecule has 12 aromatic rings. The van der Waals surface area contributed by atoms with Gasteiger partial charge in [0.15, 0.2) is 7.28 Å². The molecule has 6 heteroatoms. The fourth-order valence-electron chi connectivity index (χ4n) is 9.82. The summed E-state index contributed by atoms with van der Waals surface area (Å²) in [7, 11) is 2.47. The minimum absolute atomic E-state index is 0.0798. The zero-order valence-corrected chi connectivity index (χ0v) is 34.7. The summed E-state index contributed by atoms with van der Waals surface area (Å²) in [4.78, 5) is 0. The molecule has 0 spiro atoms. The van der Waals surface area contributed by atoms with Crippen LogP contribution in [-0.2, 0) is 5.41 Å². The van der Waals surface area contributed by atoms with Crippen molar-refractivity contribution in [3.05, 3.63) is 151 Å². The Hall–Kier alpha value is -6.34. The summed E-state index contributed by atoms with van der Waals surface area (Å²) in [5.74, 6) is 0. The van der Waals surface area contributed by atoms with Crippen molar-refractivity contribution in [2.75, 3.05) is 5.32 Å². The lowest BCUT2D eigenvalue weighted by molar-refractivity contribution is 0.590. The molecule has 0 atom stereocenters. The van der Waals surface area contributed by atoms with Gasteiger partial charge in [0.05, 0.1) is 5.52 Å². The normalized spacial score (nSPS) is 12.9. The maximum atomic E-state index is 6.54. The van der Waals surface area contributed by atoms with Crippen LogP contribution in [0.3, 0.4) is 0 Å². The SMILES string of the molecule is Cc1cc(-c2cc3c(cc2Nc2ccc(C(C)(C)C)cc2)sc2ccccc23)c2c3c1c1cc4oc5ccccc5c4cc1n3-c1cc3sc4ccccc4c3cc1[B]2. The van der Waals surface area contributed by atoms with Gasteiger partial charge in [-0.25, -0.2) is 0 Å². The molecular formula is C53H36BN2OS2. The zero-order valence-electron chi connectivity index (χ0n) is 33.0. The number of hydrogen-bond donors (Lipinski definition) is 1. The number of thiophene rings is 2. The van der Waals surface area contributed by atoms with Gasteiger partial charge in [-0.05, 0) is 101 Å². The van der Waals surface area contributed by atoms with Crippen molar-refractivity contribution < 1.29 is 4.42 Å². The molecule has 5 heterocycles. The number of rotatable bonds is 3. The fraction of sp³-hybridized carbons (Fsp3) is 0.0943. The van der Waals surface area contributed by atoms with Crippen molar-refractivity contribution in [3.8, 4) is 16.8 Å². The van der Waals surface area contributed by atoms with Gasteiger partial charge >= 0.3 is 0 Å². The Morgan fingerprint density at radius 2 is 1.25 bits per heavy atom. The average Bonchev–Trinajstić information content (AvgIpc) is 3.99. The van der Waals surface area contributed by atoms with Gasteiger partial charge in [-0.15, -0.1) is 22.7 Å². The highest BCUT2D eigenvalue weighted by Gasteiger charge is 2.30. The summed E-state index contributed by atoms with van der Waals surface area (Å²) in [6.07, 6.45) is 0. The number of aromatic nitrogens is 1. The number of fused-ring (bicyclic) bond motifs is 14. The Kier molecular flexibility index (Phi) is 6.77. The van der Waals surface area contributed by atoms with Gasteiger partial charge in [0.2, 0.25) is 0 Å². The molecule has 13 rings (SSSR count). The van der Waals surface area contributed by atoms with E-state index in [4.69, 9.17) is 4.42 Å². The average molecular weight is 792 g/mol. The maximum absolute atomic E-state index is 6.54. The first kappa shape index (κ1) is 33.6. The predicted octanol–water partition coefficient (Wildman–Crippen LogP) is 14.4. The molecule has 0 unspecified atom stereocenters. The lowest BCUT2D eigenvalue weighted by Gasteiger charge is -2.25. The van der Waals surface area contributed by atoms with Gasteiger partial charge in [0, 0.05) is 84.6 Å². The van der Waals surface area contributed by atoms with E-state index in [-0.39, 0.29) is 5.41 Å². The quantitative estimate of drug-likeness (QED) is 0.181. The summed E-state index contributed by atoms with van der Waals surface area (Å²) in [5, 5.41) is 13.9. The van der Waals surface area contributed by atoms with Crippen molar-refractivity contribution in [2.45, 2.75) is 33.1 Å². The first-order valence-corrected chi connectivity index (χ1v) is 22.0. The monoisotopic (exact) mass is 791 g/mol. The number of hydrogen-bond acceptors (Lipinski definition) is 4. The smallest absolute Gasteiger partial charge is 0.197 e. The number of anilines is 2. The molecule has 0 fully saturated rings. The predicted molar refractivity (Wildman–Crippen MR) is 257 cm³/mol. The molecule has 59 heavy (non-hydrogen) atoms. The first-order valence-electron chi connectivity index (χ1n) is 20.3. The second-order valence-corrected chi connectivity index (χ2v) is 19.4. The van der Waals surface area contributed by atoms with Crippen LogP contribution in [0.25, 0.3) is 101 Å². The van der Waals surface area contributed by atoms with Gasteiger partial charge in [0.25, 0.3) is 0 Å². The number of nitrogens with zero attached hydrogens (tertiary/aromatic N) is 1.